The van der Waals surface area contributed by atoms with Gasteiger partial charge in [-0.25, -0.2) is 0 Å². The molecule has 18 heavy (non-hydrogen) atoms. The minimum Gasteiger partial charge on any atom is -0.369 e. The predicted octanol–water partition coefficient (Wildman–Crippen LogP) is 3.73. The molecular formula is C16H25NO. The van der Waals surface area contributed by atoms with Gasteiger partial charge in [0.1, 0.15) is 0 Å². The van der Waals surface area contributed by atoms with Crippen LogP contribution < -0.4 is 5.73 Å². The average Bonchev–Trinajstić information content (AvgIpc) is 2.89. The zero-order valence-electron chi connectivity index (χ0n) is 11.6. The summed E-state index contributed by atoms with van der Waals surface area (Å²) in [5, 5.41) is 0. The lowest BCUT2D eigenvalue weighted by atomic mass is 9.96. The number of aryl methyl sites for hydroxylation is 1. The molecule has 2 rings (SSSR count). The Morgan fingerprint density at radius 3 is 2.56 bits per heavy atom. The maximum atomic E-state index is 6.31. The lowest BCUT2D eigenvalue weighted by molar-refractivity contribution is -0.0240. The molecule has 2 unspecified atom stereocenters. The van der Waals surface area contributed by atoms with Crippen molar-refractivity contribution in [3.8, 4) is 0 Å². The number of nitrogens with two attached hydrogens (primary N) is 1. The molecule has 0 spiro atoms. The molecule has 2 nitrogen and oxygen atoms in total. The fourth-order valence-corrected chi connectivity index (χ4v) is 2.76. The molecule has 1 fully saturated rings. The Morgan fingerprint density at radius 2 is 1.94 bits per heavy atom. The van der Waals surface area contributed by atoms with Crippen molar-refractivity contribution in [1.82, 2.24) is 0 Å². The van der Waals surface area contributed by atoms with Gasteiger partial charge in [-0.1, -0.05) is 44.0 Å². The normalized spacial score (nSPS) is 19.9. The molecule has 1 aliphatic rings. The Bertz CT molecular complexity index is 371. The molecule has 0 amide bonds. The van der Waals surface area contributed by atoms with Crippen LogP contribution in [-0.2, 0) is 4.74 Å². The van der Waals surface area contributed by atoms with E-state index in [0.29, 0.717) is 6.10 Å². The Balaban J connectivity index is 2.16. The van der Waals surface area contributed by atoms with E-state index in [2.05, 4.69) is 38.1 Å². The van der Waals surface area contributed by atoms with Crippen LogP contribution in [0, 0.1) is 6.92 Å². The molecule has 2 atom stereocenters. The topological polar surface area (TPSA) is 35.2 Å². The average molecular weight is 247 g/mol. The summed E-state index contributed by atoms with van der Waals surface area (Å²) in [6.07, 6.45) is 6.40. The van der Waals surface area contributed by atoms with Crippen molar-refractivity contribution in [3.05, 3.63) is 35.4 Å². The van der Waals surface area contributed by atoms with E-state index in [1.54, 1.807) is 0 Å². The molecular weight excluding hydrogens is 222 g/mol. The summed E-state index contributed by atoms with van der Waals surface area (Å²) in [7, 11) is 0. The quantitative estimate of drug-likeness (QED) is 0.860. The first kappa shape index (κ1) is 13.6. The summed E-state index contributed by atoms with van der Waals surface area (Å²) in [5.74, 6) is 0. The first-order chi connectivity index (χ1) is 8.72. The summed E-state index contributed by atoms with van der Waals surface area (Å²) in [6, 6.07) is 8.54. The van der Waals surface area contributed by atoms with Crippen molar-refractivity contribution in [2.24, 2.45) is 5.73 Å². The van der Waals surface area contributed by atoms with Gasteiger partial charge in [0.05, 0.1) is 12.2 Å². The lowest BCUT2D eigenvalue weighted by Crippen LogP contribution is -2.32. The second-order valence-electron chi connectivity index (χ2n) is 5.39. The highest BCUT2D eigenvalue weighted by atomic mass is 16.5. The second-order valence-corrected chi connectivity index (χ2v) is 5.39. The van der Waals surface area contributed by atoms with Crippen molar-refractivity contribution in [1.29, 1.82) is 0 Å². The number of rotatable bonds is 5. The van der Waals surface area contributed by atoms with Crippen molar-refractivity contribution in [3.63, 3.8) is 0 Å². The van der Waals surface area contributed by atoms with Crippen LogP contribution in [-0.4, -0.2) is 12.1 Å². The van der Waals surface area contributed by atoms with Crippen LogP contribution in [0.5, 0.6) is 0 Å². The molecule has 0 aromatic heterocycles. The minimum absolute atomic E-state index is 0.0549. The van der Waals surface area contributed by atoms with Gasteiger partial charge in [0.25, 0.3) is 0 Å². The van der Waals surface area contributed by atoms with Crippen LogP contribution >= 0.6 is 0 Å². The van der Waals surface area contributed by atoms with Gasteiger partial charge in [0.15, 0.2) is 0 Å². The van der Waals surface area contributed by atoms with Crippen molar-refractivity contribution < 1.29 is 4.74 Å². The van der Waals surface area contributed by atoms with Crippen LogP contribution in [0.25, 0.3) is 0 Å². The maximum absolute atomic E-state index is 6.31. The van der Waals surface area contributed by atoms with Gasteiger partial charge in [0.2, 0.25) is 0 Å². The lowest BCUT2D eigenvalue weighted by Gasteiger charge is -2.28. The second kappa shape index (κ2) is 6.35. The van der Waals surface area contributed by atoms with E-state index in [-0.39, 0.29) is 12.1 Å². The van der Waals surface area contributed by atoms with Gasteiger partial charge in [-0.2, -0.15) is 0 Å². The summed E-state index contributed by atoms with van der Waals surface area (Å²) >= 11 is 0. The summed E-state index contributed by atoms with van der Waals surface area (Å²) in [5.41, 5.74) is 8.82. The molecule has 0 aliphatic heterocycles. The first-order valence-electron chi connectivity index (χ1n) is 7.19. The monoisotopic (exact) mass is 247 g/mol. The molecule has 2 N–H and O–H groups in total. The van der Waals surface area contributed by atoms with E-state index in [1.807, 2.05) is 0 Å². The third-order valence-electron chi connectivity index (χ3n) is 4.00. The molecule has 0 radical (unpaired) electrons. The van der Waals surface area contributed by atoms with Gasteiger partial charge in [-0.05, 0) is 37.3 Å². The summed E-state index contributed by atoms with van der Waals surface area (Å²) in [6.45, 7) is 4.27. The van der Waals surface area contributed by atoms with E-state index >= 15 is 0 Å². The highest BCUT2D eigenvalue weighted by Crippen LogP contribution is 2.31. The summed E-state index contributed by atoms with van der Waals surface area (Å²) < 4.78 is 6.31. The molecule has 0 heterocycles. The van der Waals surface area contributed by atoms with E-state index in [0.717, 1.165) is 6.42 Å². The highest BCUT2D eigenvalue weighted by Gasteiger charge is 2.26. The molecule has 0 saturated heterocycles. The first-order valence-corrected chi connectivity index (χ1v) is 7.19. The van der Waals surface area contributed by atoms with Crippen LogP contribution in [0.2, 0.25) is 0 Å². The molecule has 1 aliphatic carbocycles. The van der Waals surface area contributed by atoms with Gasteiger partial charge in [0, 0.05) is 6.04 Å². The van der Waals surface area contributed by atoms with E-state index < -0.39 is 0 Å². The predicted molar refractivity (Wildman–Crippen MR) is 75.5 cm³/mol. The maximum Gasteiger partial charge on any atom is 0.0981 e. The molecule has 1 aromatic rings. The molecule has 1 saturated carbocycles. The number of ether oxygens (including phenoxy) is 1. The smallest absolute Gasteiger partial charge is 0.0981 e. The number of hydrogen-bond donors (Lipinski definition) is 1. The SMILES string of the molecule is CCC(N)C(OC1CCCC1)c1ccccc1C. The van der Waals surface area contributed by atoms with Crippen LogP contribution in [0.3, 0.4) is 0 Å². The highest BCUT2D eigenvalue weighted by molar-refractivity contribution is 5.28. The van der Waals surface area contributed by atoms with Crippen molar-refractivity contribution >= 4 is 0 Å². The third-order valence-corrected chi connectivity index (χ3v) is 4.00. The Kier molecular flexibility index (Phi) is 4.79. The molecule has 2 heteroatoms. The van der Waals surface area contributed by atoms with E-state index in [9.17, 15) is 0 Å². The van der Waals surface area contributed by atoms with Crippen molar-refractivity contribution in [2.45, 2.75) is 64.2 Å². The molecule has 100 valence electrons. The van der Waals surface area contributed by atoms with Crippen molar-refractivity contribution in [2.75, 3.05) is 0 Å². The van der Waals surface area contributed by atoms with Gasteiger partial charge in [-0.3, -0.25) is 0 Å². The van der Waals surface area contributed by atoms with Gasteiger partial charge in [-0.15, -0.1) is 0 Å². The zero-order valence-corrected chi connectivity index (χ0v) is 11.6. The fraction of sp³-hybridized carbons (Fsp3) is 0.625. The fourth-order valence-electron chi connectivity index (χ4n) is 2.76. The molecule has 0 bridgehead atoms. The Morgan fingerprint density at radius 1 is 1.28 bits per heavy atom. The number of benzene rings is 1. The Labute approximate surface area is 111 Å². The van der Waals surface area contributed by atoms with Crippen LogP contribution in [0.4, 0.5) is 0 Å². The third kappa shape index (κ3) is 3.12. The minimum atomic E-state index is 0.0549. The van der Waals surface area contributed by atoms with Crippen LogP contribution in [0.15, 0.2) is 24.3 Å². The van der Waals surface area contributed by atoms with Crippen LogP contribution in [0.1, 0.15) is 56.3 Å². The summed E-state index contributed by atoms with van der Waals surface area (Å²) in [4.78, 5) is 0. The number of hydrogen-bond acceptors (Lipinski definition) is 2. The standard InChI is InChI=1S/C16H25NO/c1-3-15(17)16(18-13-9-5-6-10-13)14-11-7-4-8-12(14)2/h4,7-8,11,13,15-16H,3,5-6,9-10,17H2,1-2H3. The molecule has 1 aromatic carbocycles. The van der Waals surface area contributed by atoms with E-state index in [1.165, 1.54) is 36.8 Å². The largest absolute Gasteiger partial charge is 0.369 e. The van der Waals surface area contributed by atoms with Gasteiger partial charge >= 0.3 is 0 Å². The van der Waals surface area contributed by atoms with Gasteiger partial charge < -0.3 is 10.5 Å². The zero-order chi connectivity index (χ0) is 13.0. The van der Waals surface area contributed by atoms with E-state index in [4.69, 9.17) is 10.5 Å². The Hall–Kier alpha value is -0.860.